The molecule has 1 amide bonds. The van der Waals surface area contributed by atoms with Gasteiger partial charge in [-0.05, 0) is 11.4 Å². The van der Waals surface area contributed by atoms with Crippen LogP contribution in [0.2, 0.25) is 0 Å². The van der Waals surface area contributed by atoms with Crippen molar-refractivity contribution in [2.45, 2.75) is 12.5 Å². The van der Waals surface area contributed by atoms with Crippen molar-refractivity contribution in [3.63, 3.8) is 0 Å². The molecule has 106 valence electrons. The third-order valence-electron chi connectivity index (χ3n) is 3.68. The molecule has 0 fully saturated rings. The first kappa shape index (κ1) is 13.3. The van der Waals surface area contributed by atoms with Crippen molar-refractivity contribution in [2.75, 3.05) is 20.3 Å². The summed E-state index contributed by atoms with van der Waals surface area (Å²) in [6, 6.07) is 1.87. The van der Waals surface area contributed by atoms with E-state index in [1.165, 1.54) is 5.69 Å². The average molecular weight is 291 g/mol. The van der Waals surface area contributed by atoms with E-state index in [1.807, 2.05) is 39.7 Å². The number of carbonyl (C=O) groups is 1. The quantitative estimate of drug-likeness (QED) is 0.867. The number of aryl methyl sites for hydroxylation is 1. The predicted molar refractivity (Wildman–Crippen MR) is 76.9 cm³/mol. The van der Waals surface area contributed by atoms with Crippen LogP contribution in [0.1, 0.15) is 27.5 Å². The minimum absolute atomic E-state index is 0.0851. The van der Waals surface area contributed by atoms with Crippen LogP contribution in [0.4, 0.5) is 0 Å². The second-order valence-electron chi connectivity index (χ2n) is 5.03. The zero-order chi connectivity index (χ0) is 14.1. The van der Waals surface area contributed by atoms with Crippen molar-refractivity contribution in [1.29, 1.82) is 0 Å². The van der Waals surface area contributed by atoms with Crippen LogP contribution in [0, 0.1) is 0 Å². The number of hydrogen-bond donors (Lipinski definition) is 0. The fraction of sp³-hybridized carbons (Fsp3) is 0.429. The molecule has 2 aromatic heterocycles. The first-order valence-corrected chi connectivity index (χ1v) is 7.46. The van der Waals surface area contributed by atoms with Crippen LogP contribution in [0.25, 0.3) is 0 Å². The van der Waals surface area contributed by atoms with Gasteiger partial charge in [-0.15, -0.1) is 0 Å². The third kappa shape index (κ3) is 2.25. The Morgan fingerprint density at radius 2 is 2.45 bits per heavy atom. The molecule has 1 aliphatic rings. The number of nitrogens with zero attached hydrogens (tertiary/aromatic N) is 3. The molecule has 0 aliphatic carbocycles. The lowest BCUT2D eigenvalue weighted by molar-refractivity contribution is 0.0676. The summed E-state index contributed by atoms with van der Waals surface area (Å²) in [5, 5.41) is 8.14. The molecule has 0 bridgehead atoms. The monoisotopic (exact) mass is 291 g/mol. The van der Waals surface area contributed by atoms with E-state index in [0.29, 0.717) is 19.7 Å². The summed E-state index contributed by atoms with van der Waals surface area (Å²) >= 11 is 1.54. The Hall–Kier alpha value is -1.66. The SMILES string of the molecule is COC[C@@H]1CN(C(=O)c2ccsc2)Cc2cnn(C)c21. The minimum atomic E-state index is 0.0851. The van der Waals surface area contributed by atoms with Gasteiger partial charge in [0.05, 0.1) is 24.1 Å². The topological polar surface area (TPSA) is 47.4 Å². The number of aromatic nitrogens is 2. The molecule has 0 radical (unpaired) electrons. The number of methoxy groups -OCH3 is 1. The van der Waals surface area contributed by atoms with Crippen LogP contribution >= 0.6 is 11.3 Å². The van der Waals surface area contributed by atoms with E-state index in [2.05, 4.69) is 5.10 Å². The standard InChI is InChI=1S/C14H17N3O2S/c1-16-13-11(5-15-16)6-17(7-12(13)8-19-2)14(18)10-3-4-20-9-10/h3-5,9,12H,6-8H2,1-2H3/t12-/m0/s1. The van der Waals surface area contributed by atoms with Gasteiger partial charge in [0.1, 0.15) is 0 Å². The molecule has 0 N–H and O–H groups in total. The Morgan fingerprint density at radius 3 is 3.15 bits per heavy atom. The molecule has 6 heteroatoms. The average Bonchev–Trinajstić information content (AvgIpc) is 3.08. The van der Waals surface area contributed by atoms with Crippen molar-refractivity contribution < 1.29 is 9.53 Å². The normalized spacial score (nSPS) is 18.1. The summed E-state index contributed by atoms with van der Waals surface area (Å²) in [6.45, 7) is 1.90. The van der Waals surface area contributed by atoms with E-state index >= 15 is 0 Å². The molecule has 5 nitrogen and oxygen atoms in total. The fourth-order valence-corrected chi connectivity index (χ4v) is 3.45. The van der Waals surface area contributed by atoms with Gasteiger partial charge < -0.3 is 9.64 Å². The van der Waals surface area contributed by atoms with Gasteiger partial charge in [-0.3, -0.25) is 9.48 Å². The maximum atomic E-state index is 12.5. The molecule has 0 saturated heterocycles. The molecule has 0 spiro atoms. The Balaban J connectivity index is 1.88. The lowest BCUT2D eigenvalue weighted by Crippen LogP contribution is -2.39. The number of fused-ring (bicyclic) bond motifs is 1. The van der Waals surface area contributed by atoms with Gasteiger partial charge in [-0.2, -0.15) is 16.4 Å². The van der Waals surface area contributed by atoms with E-state index in [0.717, 1.165) is 11.1 Å². The molecule has 0 saturated carbocycles. The first-order valence-electron chi connectivity index (χ1n) is 6.52. The lowest BCUT2D eigenvalue weighted by atomic mass is 9.96. The molecule has 1 aliphatic heterocycles. The minimum Gasteiger partial charge on any atom is -0.384 e. The number of hydrogen-bond acceptors (Lipinski definition) is 4. The summed E-state index contributed by atoms with van der Waals surface area (Å²) in [7, 11) is 3.63. The van der Waals surface area contributed by atoms with Gasteiger partial charge in [-0.25, -0.2) is 0 Å². The zero-order valence-electron chi connectivity index (χ0n) is 11.6. The first-order chi connectivity index (χ1) is 9.70. The van der Waals surface area contributed by atoms with Crippen LogP contribution < -0.4 is 0 Å². The van der Waals surface area contributed by atoms with Crippen molar-refractivity contribution in [1.82, 2.24) is 14.7 Å². The molecule has 2 aromatic rings. The number of thiophene rings is 1. The maximum Gasteiger partial charge on any atom is 0.255 e. The van der Waals surface area contributed by atoms with Crippen LogP contribution in [-0.4, -0.2) is 40.8 Å². The lowest BCUT2D eigenvalue weighted by Gasteiger charge is -2.32. The number of rotatable bonds is 3. The molecule has 0 unspecified atom stereocenters. The van der Waals surface area contributed by atoms with Crippen LogP contribution in [0.15, 0.2) is 23.0 Å². The highest BCUT2D eigenvalue weighted by atomic mass is 32.1. The zero-order valence-corrected chi connectivity index (χ0v) is 12.4. The summed E-state index contributed by atoms with van der Waals surface area (Å²) in [5.74, 6) is 0.265. The second kappa shape index (κ2) is 5.38. The summed E-state index contributed by atoms with van der Waals surface area (Å²) in [4.78, 5) is 14.4. The predicted octanol–water partition coefficient (Wildman–Crippen LogP) is 1.87. The van der Waals surface area contributed by atoms with Gasteiger partial charge in [0.25, 0.3) is 5.91 Å². The molecule has 1 atom stereocenters. The summed E-state index contributed by atoms with van der Waals surface area (Å²) < 4.78 is 7.20. The van der Waals surface area contributed by atoms with Crippen molar-refractivity contribution in [3.8, 4) is 0 Å². The Kier molecular flexibility index (Phi) is 3.58. The molecule has 20 heavy (non-hydrogen) atoms. The van der Waals surface area contributed by atoms with Gasteiger partial charge in [-0.1, -0.05) is 0 Å². The highest BCUT2D eigenvalue weighted by Gasteiger charge is 2.31. The Bertz CT molecular complexity index is 606. The van der Waals surface area contributed by atoms with Crippen LogP contribution in [0.3, 0.4) is 0 Å². The van der Waals surface area contributed by atoms with Crippen molar-refractivity contribution >= 4 is 17.2 Å². The number of amides is 1. The number of ether oxygens (including phenoxy) is 1. The second-order valence-corrected chi connectivity index (χ2v) is 5.81. The fourth-order valence-electron chi connectivity index (χ4n) is 2.82. The number of carbonyl (C=O) groups excluding carboxylic acids is 1. The van der Waals surface area contributed by atoms with E-state index < -0.39 is 0 Å². The molecular weight excluding hydrogens is 274 g/mol. The van der Waals surface area contributed by atoms with E-state index in [1.54, 1.807) is 18.4 Å². The van der Waals surface area contributed by atoms with Gasteiger partial charge in [0.15, 0.2) is 0 Å². The third-order valence-corrected chi connectivity index (χ3v) is 4.36. The van der Waals surface area contributed by atoms with Crippen LogP contribution in [0.5, 0.6) is 0 Å². The summed E-state index contributed by atoms with van der Waals surface area (Å²) in [6.07, 6.45) is 1.85. The molecule has 3 heterocycles. The molecule has 0 aromatic carbocycles. The van der Waals surface area contributed by atoms with Gasteiger partial charge in [0, 0.05) is 44.1 Å². The highest BCUT2D eigenvalue weighted by molar-refractivity contribution is 7.08. The summed E-state index contributed by atoms with van der Waals surface area (Å²) in [5.41, 5.74) is 3.06. The van der Waals surface area contributed by atoms with Crippen molar-refractivity contribution in [2.24, 2.45) is 7.05 Å². The Morgan fingerprint density at radius 1 is 1.60 bits per heavy atom. The Labute approximate surface area is 121 Å². The van der Waals surface area contributed by atoms with Gasteiger partial charge >= 0.3 is 0 Å². The van der Waals surface area contributed by atoms with Crippen molar-refractivity contribution in [3.05, 3.63) is 39.8 Å². The van der Waals surface area contributed by atoms with E-state index in [9.17, 15) is 4.79 Å². The maximum absolute atomic E-state index is 12.5. The van der Waals surface area contributed by atoms with E-state index in [-0.39, 0.29) is 11.8 Å². The molecule has 3 rings (SSSR count). The van der Waals surface area contributed by atoms with Gasteiger partial charge in [0.2, 0.25) is 0 Å². The largest absolute Gasteiger partial charge is 0.384 e. The smallest absolute Gasteiger partial charge is 0.255 e. The molecular formula is C14H17N3O2S. The highest BCUT2D eigenvalue weighted by Crippen LogP contribution is 2.29. The van der Waals surface area contributed by atoms with E-state index in [4.69, 9.17) is 4.74 Å². The van der Waals surface area contributed by atoms with Crippen LogP contribution in [-0.2, 0) is 18.3 Å².